The highest BCUT2D eigenvalue weighted by Gasteiger charge is 2.40. The lowest BCUT2D eigenvalue weighted by molar-refractivity contribution is -0.119. The van der Waals surface area contributed by atoms with Crippen LogP contribution < -0.4 is 4.90 Å². The van der Waals surface area contributed by atoms with Crippen LogP contribution in [-0.2, 0) is 9.59 Å². The normalized spacial score (nSPS) is 20.9. The molecule has 2 aromatic rings. The molecule has 2 heterocycles. The molecule has 3 nitrogen and oxygen atoms in total. The number of nitrogens with zero attached hydrogens (tertiary/aromatic N) is 1. The summed E-state index contributed by atoms with van der Waals surface area (Å²) < 4.78 is 27.5. The largest absolute Gasteiger partial charge is 0.294 e. The van der Waals surface area contributed by atoms with Crippen LogP contribution in [0.1, 0.15) is 36.5 Å². The molecule has 0 saturated heterocycles. The molecule has 0 fully saturated rings. The number of anilines is 1. The van der Waals surface area contributed by atoms with E-state index in [0.717, 1.165) is 17.0 Å². The fourth-order valence-electron chi connectivity index (χ4n) is 3.67. The average molecular weight is 359 g/mol. The minimum absolute atomic E-state index is 0.0122. The molecule has 1 atom stereocenters. The lowest BCUT2D eigenvalue weighted by Gasteiger charge is -2.38. The molecule has 2 aliphatic rings. The minimum atomic E-state index is -0.798. The van der Waals surface area contributed by atoms with Crippen LogP contribution in [0.4, 0.5) is 14.5 Å². The molecule has 0 saturated carbocycles. The van der Waals surface area contributed by atoms with Gasteiger partial charge < -0.3 is 0 Å². The Balaban J connectivity index is 1.88. The fourth-order valence-corrected chi connectivity index (χ4v) is 4.50. The van der Waals surface area contributed by atoms with Gasteiger partial charge in [-0.15, -0.1) is 11.3 Å². The Bertz CT molecular complexity index is 889. The van der Waals surface area contributed by atoms with Gasteiger partial charge in [-0.2, -0.15) is 0 Å². The van der Waals surface area contributed by atoms with Crippen LogP contribution >= 0.6 is 11.3 Å². The Morgan fingerprint density at radius 2 is 1.96 bits per heavy atom. The monoisotopic (exact) mass is 359 g/mol. The molecule has 0 N–H and O–H groups in total. The number of benzene rings is 1. The van der Waals surface area contributed by atoms with Gasteiger partial charge in [0.1, 0.15) is 11.6 Å². The highest BCUT2D eigenvalue weighted by molar-refractivity contribution is 7.10. The lowest BCUT2D eigenvalue weighted by atomic mass is 9.79. The summed E-state index contributed by atoms with van der Waals surface area (Å²) in [4.78, 5) is 27.7. The van der Waals surface area contributed by atoms with E-state index in [1.54, 1.807) is 0 Å². The second-order valence-electron chi connectivity index (χ2n) is 6.23. The second kappa shape index (κ2) is 6.19. The predicted octanol–water partition coefficient (Wildman–Crippen LogP) is 4.55. The first kappa shape index (κ1) is 16.1. The first-order valence-corrected chi connectivity index (χ1v) is 9.02. The van der Waals surface area contributed by atoms with E-state index in [4.69, 9.17) is 0 Å². The molecule has 1 aliphatic heterocycles. The van der Waals surface area contributed by atoms with Crippen molar-refractivity contribution in [1.29, 1.82) is 0 Å². The molecule has 0 spiro atoms. The van der Waals surface area contributed by atoms with Crippen LogP contribution in [0, 0.1) is 11.6 Å². The van der Waals surface area contributed by atoms with E-state index >= 15 is 0 Å². The van der Waals surface area contributed by atoms with E-state index in [1.807, 2.05) is 17.5 Å². The molecule has 0 bridgehead atoms. The molecular formula is C19H15F2NO2S. The molecule has 25 heavy (non-hydrogen) atoms. The quantitative estimate of drug-likeness (QED) is 0.789. The second-order valence-corrected chi connectivity index (χ2v) is 7.21. The smallest absolute Gasteiger partial charge is 0.232 e. The van der Waals surface area contributed by atoms with Gasteiger partial charge in [0.05, 0.1) is 5.69 Å². The standard InChI is InChI=1S/C19H15F2NO2S/c20-11-6-7-14(13(21)9-11)22-15-3-1-4-16(23)19(15)12(10-18(22)24)17-5-2-8-25-17/h2,5-9,12H,1,3-4,10H2. The summed E-state index contributed by atoms with van der Waals surface area (Å²) in [6.45, 7) is 0. The van der Waals surface area contributed by atoms with Crippen molar-refractivity contribution in [2.45, 2.75) is 31.6 Å². The molecule has 1 unspecified atom stereocenters. The van der Waals surface area contributed by atoms with Crippen LogP contribution in [0.25, 0.3) is 0 Å². The number of carbonyl (C=O) groups excluding carboxylic acids is 2. The summed E-state index contributed by atoms with van der Waals surface area (Å²) >= 11 is 1.51. The molecule has 1 aromatic carbocycles. The number of Topliss-reactive ketones (excluding diaryl/α,β-unsaturated/α-hetero) is 1. The zero-order valence-corrected chi connectivity index (χ0v) is 14.1. The van der Waals surface area contributed by atoms with Gasteiger partial charge in [0.2, 0.25) is 5.91 Å². The summed E-state index contributed by atoms with van der Waals surface area (Å²) in [5.74, 6) is -2.02. The maximum Gasteiger partial charge on any atom is 0.232 e. The zero-order chi connectivity index (χ0) is 17.6. The molecule has 1 aromatic heterocycles. The predicted molar refractivity (Wildman–Crippen MR) is 91.4 cm³/mol. The van der Waals surface area contributed by atoms with Gasteiger partial charge in [0, 0.05) is 41.0 Å². The molecule has 0 radical (unpaired) electrons. The number of allylic oxidation sites excluding steroid dienone is 2. The number of amides is 1. The topological polar surface area (TPSA) is 37.4 Å². The van der Waals surface area contributed by atoms with Crippen molar-refractivity contribution < 1.29 is 18.4 Å². The molecular weight excluding hydrogens is 344 g/mol. The van der Waals surface area contributed by atoms with Crippen molar-refractivity contribution in [2.75, 3.05) is 4.90 Å². The Kier molecular flexibility index (Phi) is 4.00. The molecule has 1 amide bonds. The van der Waals surface area contributed by atoms with Gasteiger partial charge in [0.15, 0.2) is 5.78 Å². The maximum atomic E-state index is 14.3. The van der Waals surface area contributed by atoms with E-state index in [2.05, 4.69) is 0 Å². The highest BCUT2D eigenvalue weighted by Crippen LogP contribution is 2.44. The van der Waals surface area contributed by atoms with Gasteiger partial charge in [-0.25, -0.2) is 8.78 Å². The zero-order valence-electron chi connectivity index (χ0n) is 13.3. The molecule has 6 heteroatoms. The molecule has 1 aliphatic carbocycles. The minimum Gasteiger partial charge on any atom is -0.294 e. The SMILES string of the molecule is O=C1CCCC2=C1C(c1cccs1)CC(=O)N2c1ccc(F)cc1F. The first-order valence-electron chi connectivity index (χ1n) is 8.14. The van der Waals surface area contributed by atoms with Gasteiger partial charge >= 0.3 is 0 Å². The summed E-state index contributed by atoms with van der Waals surface area (Å²) in [5, 5.41) is 1.92. The van der Waals surface area contributed by atoms with Gasteiger partial charge in [-0.05, 0) is 36.4 Å². The van der Waals surface area contributed by atoms with Crippen molar-refractivity contribution in [3.05, 3.63) is 63.5 Å². The van der Waals surface area contributed by atoms with E-state index in [9.17, 15) is 18.4 Å². The van der Waals surface area contributed by atoms with E-state index < -0.39 is 11.6 Å². The van der Waals surface area contributed by atoms with Crippen molar-refractivity contribution in [3.8, 4) is 0 Å². The summed E-state index contributed by atoms with van der Waals surface area (Å²) in [6, 6.07) is 6.96. The highest BCUT2D eigenvalue weighted by atomic mass is 32.1. The Morgan fingerprint density at radius 3 is 2.68 bits per heavy atom. The van der Waals surface area contributed by atoms with Gasteiger partial charge in [0.25, 0.3) is 0 Å². The Morgan fingerprint density at radius 1 is 1.12 bits per heavy atom. The number of hydrogen-bond acceptors (Lipinski definition) is 3. The molecule has 128 valence electrons. The van der Waals surface area contributed by atoms with Crippen LogP contribution in [-0.4, -0.2) is 11.7 Å². The Hall–Kier alpha value is -2.34. The average Bonchev–Trinajstić information content (AvgIpc) is 3.10. The van der Waals surface area contributed by atoms with Crippen molar-refractivity contribution >= 4 is 28.7 Å². The van der Waals surface area contributed by atoms with Crippen molar-refractivity contribution in [1.82, 2.24) is 0 Å². The third-order valence-electron chi connectivity index (χ3n) is 4.71. The van der Waals surface area contributed by atoms with Crippen LogP contribution in [0.5, 0.6) is 0 Å². The van der Waals surface area contributed by atoms with E-state index in [1.165, 1.54) is 22.3 Å². The number of halogens is 2. The Labute approximate surface area is 147 Å². The van der Waals surface area contributed by atoms with Crippen LogP contribution in [0.3, 0.4) is 0 Å². The molecule has 4 rings (SSSR count). The van der Waals surface area contributed by atoms with E-state index in [-0.39, 0.29) is 29.7 Å². The number of hydrogen-bond donors (Lipinski definition) is 0. The van der Waals surface area contributed by atoms with Crippen LogP contribution in [0.2, 0.25) is 0 Å². The number of thiophene rings is 1. The van der Waals surface area contributed by atoms with Crippen molar-refractivity contribution in [3.63, 3.8) is 0 Å². The van der Waals surface area contributed by atoms with Gasteiger partial charge in [-0.3, -0.25) is 14.5 Å². The first-order chi connectivity index (χ1) is 12.1. The third kappa shape index (κ3) is 2.70. The number of ketones is 1. The maximum absolute atomic E-state index is 14.3. The summed E-state index contributed by atoms with van der Waals surface area (Å²) in [6.07, 6.45) is 1.71. The third-order valence-corrected chi connectivity index (χ3v) is 5.70. The van der Waals surface area contributed by atoms with E-state index in [0.29, 0.717) is 30.5 Å². The summed E-state index contributed by atoms with van der Waals surface area (Å²) in [7, 11) is 0. The fraction of sp³-hybridized carbons (Fsp3) is 0.263. The van der Waals surface area contributed by atoms with Crippen molar-refractivity contribution in [2.24, 2.45) is 0 Å². The van der Waals surface area contributed by atoms with Gasteiger partial charge in [-0.1, -0.05) is 6.07 Å². The lowest BCUT2D eigenvalue weighted by Crippen LogP contribution is -2.40. The number of rotatable bonds is 2. The number of carbonyl (C=O) groups is 2. The van der Waals surface area contributed by atoms with Crippen LogP contribution in [0.15, 0.2) is 47.0 Å². The summed E-state index contributed by atoms with van der Waals surface area (Å²) in [5.41, 5.74) is 1.19.